The van der Waals surface area contributed by atoms with Crippen LogP contribution in [0.5, 0.6) is 0 Å². The van der Waals surface area contributed by atoms with Crippen LogP contribution >= 0.6 is 0 Å². The highest BCUT2D eigenvalue weighted by Crippen LogP contribution is 2.16. The summed E-state index contributed by atoms with van der Waals surface area (Å²) in [5.41, 5.74) is 0. The van der Waals surface area contributed by atoms with Crippen LogP contribution in [0.1, 0.15) is 32.1 Å². The summed E-state index contributed by atoms with van der Waals surface area (Å²) >= 11 is 0. The Morgan fingerprint density at radius 3 is 2.13 bits per heavy atom. The first-order chi connectivity index (χ1) is 7.29. The van der Waals surface area contributed by atoms with E-state index in [-0.39, 0.29) is 11.8 Å². The Bertz CT molecular complexity index is 273. The number of likely N-dealkylation sites (tertiary alicyclic amines) is 1. The standard InChI is InChI=1S/C13H17NO/c1-3-8-12(9-4-2)13(15)14-10-6-5-7-11-14/h1-2,12H,5-11H2. The average molecular weight is 203 g/mol. The molecule has 1 heterocycles. The Balaban J connectivity index is 2.54. The van der Waals surface area contributed by atoms with Crippen molar-refractivity contribution in [3.63, 3.8) is 0 Å². The summed E-state index contributed by atoms with van der Waals surface area (Å²) in [6.45, 7) is 1.73. The molecule has 2 nitrogen and oxygen atoms in total. The third-order valence-electron chi connectivity index (χ3n) is 2.75. The first-order valence-electron chi connectivity index (χ1n) is 5.45. The molecule has 15 heavy (non-hydrogen) atoms. The van der Waals surface area contributed by atoms with Gasteiger partial charge in [0.25, 0.3) is 0 Å². The van der Waals surface area contributed by atoms with Gasteiger partial charge in [-0.05, 0) is 19.3 Å². The van der Waals surface area contributed by atoms with E-state index in [0.29, 0.717) is 12.8 Å². The van der Waals surface area contributed by atoms with Crippen LogP contribution in [0.3, 0.4) is 0 Å². The predicted octanol–water partition coefficient (Wildman–Crippen LogP) is 1.66. The van der Waals surface area contributed by atoms with Crippen molar-refractivity contribution in [1.29, 1.82) is 0 Å². The molecule has 0 atom stereocenters. The SMILES string of the molecule is C#CCC(CC#C)C(=O)N1CCCCC1. The molecule has 0 N–H and O–H groups in total. The highest BCUT2D eigenvalue weighted by molar-refractivity contribution is 5.79. The van der Waals surface area contributed by atoms with Crippen molar-refractivity contribution < 1.29 is 4.79 Å². The molecule has 1 rings (SSSR count). The summed E-state index contributed by atoms with van der Waals surface area (Å²) in [5, 5.41) is 0. The van der Waals surface area contributed by atoms with Gasteiger partial charge >= 0.3 is 0 Å². The van der Waals surface area contributed by atoms with E-state index in [1.54, 1.807) is 0 Å². The molecule has 1 saturated heterocycles. The van der Waals surface area contributed by atoms with Crippen molar-refractivity contribution in [3.05, 3.63) is 0 Å². The van der Waals surface area contributed by atoms with Crippen molar-refractivity contribution in [2.75, 3.05) is 13.1 Å². The number of amides is 1. The Labute approximate surface area is 92.0 Å². The third kappa shape index (κ3) is 3.33. The van der Waals surface area contributed by atoms with Crippen molar-refractivity contribution in [2.24, 2.45) is 5.92 Å². The molecule has 1 amide bonds. The summed E-state index contributed by atoms with van der Waals surface area (Å²) in [6, 6.07) is 0. The molecule has 0 radical (unpaired) electrons. The van der Waals surface area contributed by atoms with Gasteiger partial charge < -0.3 is 4.90 Å². The molecule has 80 valence electrons. The predicted molar refractivity (Wildman–Crippen MR) is 60.8 cm³/mol. The van der Waals surface area contributed by atoms with Crippen LogP contribution in [-0.4, -0.2) is 23.9 Å². The lowest BCUT2D eigenvalue weighted by atomic mass is 9.99. The first-order valence-corrected chi connectivity index (χ1v) is 5.45. The lowest BCUT2D eigenvalue weighted by Crippen LogP contribution is -2.39. The molecule has 1 aliphatic heterocycles. The van der Waals surface area contributed by atoms with E-state index in [0.717, 1.165) is 25.9 Å². The van der Waals surface area contributed by atoms with Gasteiger partial charge in [0.05, 0.1) is 5.92 Å². The van der Waals surface area contributed by atoms with Crippen LogP contribution in [0.15, 0.2) is 0 Å². The van der Waals surface area contributed by atoms with Crippen molar-refractivity contribution >= 4 is 5.91 Å². The van der Waals surface area contributed by atoms with Crippen molar-refractivity contribution in [3.8, 4) is 24.7 Å². The fourth-order valence-corrected chi connectivity index (χ4v) is 1.90. The summed E-state index contributed by atoms with van der Waals surface area (Å²) in [4.78, 5) is 13.9. The second-order valence-electron chi connectivity index (χ2n) is 3.90. The normalized spacial score (nSPS) is 15.8. The van der Waals surface area contributed by atoms with Gasteiger partial charge in [0.15, 0.2) is 0 Å². The number of hydrogen-bond donors (Lipinski definition) is 0. The zero-order chi connectivity index (χ0) is 11.1. The Hall–Kier alpha value is -1.41. The fourth-order valence-electron chi connectivity index (χ4n) is 1.90. The van der Waals surface area contributed by atoms with Crippen LogP contribution in [0, 0.1) is 30.6 Å². The van der Waals surface area contributed by atoms with Crippen LogP contribution in [0.4, 0.5) is 0 Å². The molecule has 0 aromatic heterocycles. The van der Waals surface area contributed by atoms with Gasteiger partial charge in [0.2, 0.25) is 5.91 Å². The second kappa shape index (κ2) is 6.14. The zero-order valence-corrected chi connectivity index (χ0v) is 9.04. The molecule has 1 fully saturated rings. The maximum Gasteiger partial charge on any atom is 0.227 e. The minimum Gasteiger partial charge on any atom is -0.342 e. The van der Waals surface area contributed by atoms with Crippen molar-refractivity contribution in [2.45, 2.75) is 32.1 Å². The van der Waals surface area contributed by atoms with Gasteiger partial charge in [-0.2, -0.15) is 0 Å². The van der Waals surface area contributed by atoms with Gasteiger partial charge in [0.1, 0.15) is 0 Å². The minimum atomic E-state index is -0.168. The van der Waals surface area contributed by atoms with E-state index in [4.69, 9.17) is 12.8 Å². The molecule has 2 heteroatoms. The maximum absolute atomic E-state index is 12.0. The summed E-state index contributed by atoms with van der Waals surface area (Å²) < 4.78 is 0. The zero-order valence-electron chi connectivity index (χ0n) is 9.04. The smallest absolute Gasteiger partial charge is 0.227 e. The van der Waals surface area contributed by atoms with Crippen LogP contribution < -0.4 is 0 Å². The van der Waals surface area contributed by atoms with E-state index in [2.05, 4.69) is 11.8 Å². The lowest BCUT2D eigenvalue weighted by molar-refractivity contribution is -0.136. The number of nitrogens with zero attached hydrogens (tertiary/aromatic N) is 1. The number of piperidine rings is 1. The maximum atomic E-state index is 12.0. The molecule has 0 unspecified atom stereocenters. The second-order valence-corrected chi connectivity index (χ2v) is 3.90. The topological polar surface area (TPSA) is 20.3 Å². The molecule has 0 aliphatic carbocycles. The number of rotatable bonds is 3. The Morgan fingerprint density at radius 1 is 1.13 bits per heavy atom. The monoisotopic (exact) mass is 203 g/mol. The number of terminal acetylenes is 2. The van der Waals surface area contributed by atoms with E-state index < -0.39 is 0 Å². The molecule has 0 spiro atoms. The molecule has 0 aromatic rings. The molecule has 0 saturated carbocycles. The molecular weight excluding hydrogens is 186 g/mol. The van der Waals surface area contributed by atoms with Crippen molar-refractivity contribution in [1.82, 2.24) is 4.90 Å². The number of carbonyl (C=O) groups is 1. The number of carbonyl (C=O) groups excluding carboxylic acids is 1. The van der Waals surface area contributed by atoms with E-state index >= 15 is 0 Å². The first kappa shape index (κ1) is 11.7. The largest absolute Gasteiger partial charge is 0.342 e. The van der Waals surface area contributed by atoms with Crippen LogP contribution in [0.25, 0.3) is 0 Å². The highest BCUT2D eigenvalue weighted by atomic mass is 16.2. The van der Waals surface area contributed by atoms with Crippen LogP contribution in [-0.2, 0) is 4.79 Å². The quantitative estimate of drug-likeness (QED) is 0.639. The summed E-state index contributed by atoms with van der Waals surface area (Å²) in [7, 11) is 0. The van der Waals surface area contributed by atoms with Crippen LogP contribution in [0.2, 0.25) is 0 Å². The summed E-state index contributed by atoms with van der Waals surface area (Å²) in [6.07, 6.45) is 14.8. The van der Waals surface area contributed by atoms with Gasteiger partial charge in [-0.15, -0.1) is 24.7 Å². The van der Waals surface area contributed by atoms with Gasteiger partial charge in [-0.3, -0.25) is 4.79 Å². The van der Waals surface area contributed by atoms with Gasteiger partial charge in [-0.1, -0.05) is 0 Å². The molecule has 0 bridgehead atoms. The average Bonchev–Trinajstić information content (AvgIpc) is 2.29. The van der Waals surface area contributed by atoms with E-state index in [9.17, 15) is 4.79 Å². The Morgan fingerprint density at radius 2 is 1.67 bits per heavy atom. The molecular formula is C13H17NO. The number of hydrogen-bond acceptors (Lipinski definition) is 1. The molecule has 1 aliphatic rings. The van der Waals surface area contributed by atoms with E-state index in [1.807, 2.05) is 4.90 Å². The lowest BCUT2D eigenvalue weighted by Gasteiger charge is -2.29. The molecule has 0 aromatic carbocycles. The Kier molecular flexibility index (Phi) is 4.78. The van der Waals surface area contributed by atoms with Gasteiger partial charge in [-0.25, -0.2) is 0 Å². The van der Waals surface area contributed by atoms with Gasteiger partial charge in [0, 0.05) is 25.9 Å². The van der Waals surface area contributed by atoms with E-state index in [1.165, 1.54) is 6.42 Å². The highest BCUT2D eigenvalue weighted by Gasteiger charge is 2.23. The minimum absolute atomic E-state index is 0.144. The fraction of sp³-hybridized carbons (Fsp3) is 0.615. The third-order valence-corrected chi connectivity index (χ3v) is 2.75. The summed E-state index contributed by atoms with van der Waals surface area (Å²) in [5.74, 6) is 5.03.